The summed E-state index contributed by atoms with van der Waals surface area (Å²) in [6, 6.07) is 8.79. The summed E-state index contributed by atoms with van der Waals surface area (Å²) in [5, 5.41) is 14.7. The third-order valence-corrected chi connectivity index (χ3v) is 7.60. The Hall–Kier alpha value is -3.81. The molecule has 0 spiro atoms. The Bertz CT molecular complexity index is 1510. The molecule has 0 radical (unpaired) electrons. The van der Waals surface area contributed by atoms with Crippen LogP contribution in [0.5, 0.6) is 5.75 Å². The molecule has 2 unspecified atom stereocenters. The smallest absolute Gasteiger partial charge is 0.255 e. The summed E-state index contributed by atoms with van der Waals surface area (Å²) >= 11 is 0. The number of likely N-dealkylation sites (N-methyl/N-ethyl adjacent to an activating group) is 1. The second-order valence-corrected chi connectivity index (χ2v) is 13.1. The summed E-state index contributed by atoms with van der Waals surface area (Å²) in [5.41, 5.74) is 10.3. The van der Waals surface area contributed by atoms with Crippen molar-refractivity contribution in [3.8, 4) is 5.75 Å². The van der Waals surface area contributed by atoms with Gasteiger partial charge < -0.3 is 25.5 Å². The van der Waals surface area contributed by atoms with E-state index in [0.29, 0.717) is 23.6 Å². The van der Waals surface area contributed by atoms with Crippen molar-refractivity contribution in [1.29, 1.82) is 0 Å². The summed E-state index contributed by atoms with van der Waals surface area (Å²) in [6.45, 7) is 10.1. The number of benzene rings is 2. The Morgan fingerprint density at radius 2 is 1.90 bits per heavy atom. The van der Waals surface area contributed by atoms with Crippen LogP contribution in [0.15, 0.2) is 47.2 Å². The van der Waals surface area contributed by atoms with Crippen LogP contribution in [-0.4, -0.2) is 69.3 Å². The number of rotatable bonds is 8. The van der Waals surface area contributed by atoms with Gasteiger partial charge in [-0.05, 0) is 54.7 Å². The van der Waals surface area contributed by atoms with Crippen molar-refractivity contribution in [2.75, 3.05) is 42.0 Å². The van der Waals surface area contributed by atoms with E-state index in [9.17, 15) is 18.3 Å². The van der Waals surface area contributed by atoms with Gasteiger partial charge in [0.25, 0.3) is 5.91 Å². The molecule has 41 heavy (non-hydrogen) atoms. The van der Waals surface area contributed by atoms with Crippen molar-refractivity contribution in [3.63, 3.8) is 0 Å². The number of ether oxygens (including phenoxy) is 1. The Labute approximate surface area is 241 Å². The number of carbonyl (C=O) groups excluding carboxylic acids is 1. The molecule has 2 heterocycles. The molecule has 0 aromatic heterocycles. The lowest BCUT2D eigenvalue weighted by atomic mass is 9.86. The topological polar surface area (TPSA) is 148 Å². The van der Waals surface area contributed by atoms with E-state index in [-0.39, 0.29) is 28.8 Å². The third kappa shape index (κ3) is 6.58. The van der Waals surface area contributed by atoms with Crippen molar-refractivity contribution in [3.05, 3.63) is 58.9 Å². The van der Waals surface area contributed by atoms with E-state index in [2.05, 4.69) is 26.0 Å². The minimum Gasteiger partial charge on any atom is -0.492 e. The van der Waals surface area contributed by atoms with Crippen LogP contribution in [0.2, 0.25) is 0 Å². The van der Waals surface area contributed by atoms with Gasteiger partial charge in [-0.1, -0.05) is 26.8 Å². The number of aliphatic hydroxyl groups is 1. The predicted molar refractivity (Wildman–Crippen MR) is 162 cm³/mol. The molecule has 5 N–H and O–H groups in total. The number of hydrogen-bond acceptors (Lipinski definition) is 10. The Morgan fingerprint density at radius 3 is 2.49 bits per heavy atom. The predicted octanol–water partition coefficient (Wildman–Crippen LogP) is 2.69. The number of aliphatic imine (C=N–C) groups is 1. The van der Waals surface area contributed by atoms with Crippen molar-refractivity contribution >= 4 is 38.8 Å². The fourth-order valence-corrected chi connectivity index (χ4v) is 5.34. The lowest BCUT2D eigenvalue weighted by Crippen LogP contribution is -2.43. The molecule has 12 nitrogen and oxygen atoms in total. The van der Waals surface area contributed by atoms with E-state index >= 15 is 0 Å². The number of hydrogen-bond donors (Lipinski definition) is 5. The van der Waals surface area contributed by atoms with Crippen molar-refractivity contribution < 1.29 is 23.1 Å². The Balaban J connectivity index is 1.62. The van der Waals surface area contributed by atoms with Crippen molar-refractivity contribution in [2.24, 2.45) is 4.99 Å². The van der Waals surface area contributed by atoms with Gasteiger partial charge in [0.1, 0.15) is 11.9 Å². The summed E-state index contributed by atoms with van der Waals surface area (Å²) in [6.07, 6.45) is 2.31. The molecule has 0 saturated heterocycles. The fourth-order valence-electron chi connectivity index (χ4n) is 4.79. The quantitative estimate of drug-likeness (QED) is 0.315. The van der Waals surface area contributed by atoms with Crippen molar-refractivity contribution in [2.45, 2.75) is 52.2 Å². The van der Waals surface area contributed by atoms with E-state index in [4.69, 9.17) is 4.74 Å². The highest BCUT2D eigenvalue weighted by Crippen LogP contribution is 2.39. The number of nitrogens with one attached hydrogen (secondary N) is 4. The molecule has 4 rings (SSSR count). The zero-order valence-corrected chi connectivity index (χ0v) is 25.5. The maximum atomic E-state index is 13.5. The number of sulfonamides is 1. The van der Waals surface area contributed by atoms with E-state index in [0.717, 1.165) is 28.8 Å². The van der Waals surface area contributed by atoms with Crippen LogP contribution in [-0.2, 0) is 15.4 Å². The molecule has 2 aromatic carbocycles. The van der Waals surface area contributed by atoms with E-state index in [1.165, 1.54) is 7.11 Å². The largest absolute Gasteiger partial charge is 0.492 e. The first-order valence-corrected chi connectivity index (χ1v) is 15.1. The Kier molecular flexibility index (Phi) is 8.25. The minimum atomic E-state index is -3.60. The average molecular weight is 586 g/mol. The number of amidine groups is 1. The van der Waals surface area contributed by atoms with Crippen LogP contribution in [0.4, 0.5) is 17.1 Å². The second kappa shape index (κ2) is 11.2. The van der Waals surface area contributed by atoms with E-state index in [1.54, 1.807) is 36.2 Å². The van der Waals surface area contributed by atoms with Gasteiger partial charge in [-0.25, -0.2) is 8.42 Å². The molecule has 0 aliphatic carbocycles. The van der Waals surface area contributed by atoms with E-state index in [1.807, 2.05) is 51.9 Å². The van der Waals surface area contributed by atoms with Crippen LogP contribution in [0.3, 0.4) is 0 Å². The van der Waals surface area contributed by atoms with Gasteiger partial charge in [-0.2, -0.15) is 0 Å². The normalized spacial score (nSPS) is 18.0. The molecule has 1 amide bonds. The summed E-state index contributed by atoms with van der Waals surface area (Å²) in [5.74, 6) is 0.455. The number of carbonyl (C=O) groups is 1. The van der Waals surface area contributed by atoms with Gasteiger partial charge in [-0.3, -0.25) is 19.5 Å². The van der Waals surface area contributed by atoms with Gasteiger partial charge in [-0.15, -0.1) is 5.53 Å². The number of aliphatic hydroxyl groups excluding tert-OH is 1. The average Bonchev–Trinajstić information content (AvgIpc) is 3.49. The number of anilines is 3. The number of aryl methyl sites for hydroxylation is 1. The molecule has 0 fully saturated rings. The molecule has 2 aromatic rings. The van der Waals surface area contributed by atoms with Gasteiger partial charge in [0.15, 0.2) is 5.75 Å². The molecular formula is C28H39N7O5S. The molecule has 2 atom stereocenters. The zero-order chi connectivity index (χ0) is 30.3. The fraction of sp³-hybridized carbons (Fsp3) is 0.429. The first kappa shape index (κ1) is 30.2. The minimum absolute atomic E-state index is 0.0683. The SMILES string of the molecule is COc1c(NC(=O)c2ccc(C)c(N3C=C(C4CN=C(C(C)O)N4C)NN3)c2)cc(C(C)(C)C)cc1NS(C)(=O)=O. The summed E-state index contributed by atoms with van der Waals surface area (Å²) < 4.78 is 32.2. The molecule has 2 aliphatic heterocycles. The zero-order valence-electron chi connectivity index (χ0n) is 24.7. The van der Waals surface area contributed by atoms with Gasteiger partial charge in [0.05, 0.1) is 48.7 Å². The maximum absolute atomic E-state index is 13.5. The molecule has 0 bridgehead atoms. The summed E-state index contributed by atoms with van der Waals surface area (Å²) in [4.78, 5) is 19.9. The number of nitrogens with zero attached hydrogens (tertiary/aromatic N) is 3. The maximum Gasteiger partial charge on any atom is 0.255 e. The monoisotopic (exact) mass is 585 g/mol. The lowest BCUT2D eigenvalue weighted by molar-refractivity contribution is 0.102. The highest BCUT2D eigenvalue weighted by atomic mass is 32.2. The number of hydrazine groups is 2. The molecule has 0 saturated carbocycles. The summed E-state index contributed by atoms with van der Waals surface area (Å²) in [7, 11) is -0.284. The van der Waals surface area contributed by atoms with Crippen LogP contribution >= 0.6 is 0 Å². The van der Waals surface area contributed by atoms with Crippen molar-refractivity contribution in [1.82, 2.24) is 15.9 Å². The highest BCUT2D eigenvalue weighted by molar-refractivity contribution is 7.92. The van der Waals surface area contributed by atoms with Gasteiger partial charge in [0.2, 0.25) is 10.0 Å². The van der Waals surface area contributed by atoms with Crippen LogP contribution in [0.25, 0.3) is 0 Å². The second-order valence-electron chi connectivity index (χ2n) is 11.4. The molecule has 222 valence electrons. The number of methoxy groups -OCH3 is 1. The highest BCUT2D eigenvalue weighted by Gasteiger charge is 2.32. The van der Waals surface area contributed by atoms with Gasteiger partial charge in [0, 0.05) is 18.8 Å². The van der Waals surface area contributed by atoms with E-state index < -0.39 is 16.1 Å². The molecular weight excluding hydrogens is 546 g/mol. The molecule has 13 heteroatoms. The van der Waals surface area contributed by atoms with Crippen LogP contribution in [0.1, 0.15) is 49.2 Å². The first-order chi connectivity index (χ1) is 19.1. The van der Waals surface area contributed by atoms with Crippen LogP contribution in [0, 0.1) is 6.92 Å². The molecule has 2 aliphatic rings. The Morgan fingerprint density at radius 1 is 1.22 bits per heavy atom. The standard InChI is InChI=1S/C28H39N7O5S/c1-16-9-10-18(11-23(16)35-15-22(31-33-35)24-14-29-26(17(2)36)34(24)6)27(37)30-20-12-19(28(3,4)5)13-21(25(20)40-7)32-41(8,38)39/h9-13,15,17,24,31-33,36H,14H2,1-8H3,(H,30,37). The first-order valence-electron chi connectivity index (χ1n) is 13.2. The van der Waals surface area contributed by atoms with Gasteiger partial charge >= 0.3 is 0 Å². The number of amides is 1. The van der Waals surface area contributed by atoms with Crippen LogP contribution < -0.4 is 30.7 Å². The third-order valence-electron chi connectivity index (χ3n) is 7.01. The lowest BCUT2D eigenvalue weighted by Gasteiger charge is -2.24.